The van der Waals surface area contributed by atoms with Crippen LogP contribution in [0.25, 0.3) is 11.0 Å². The summed E-state index contributed by atoms with van der Waals surface area (Å²) in [6.07, 6.45) is 1.37. The van der Waals surface area contributed by atoms with E-state index in [0.717, 1.165) is 0 Å². The fourth-order valence-corrected chi connectivity index (χ4v) is 2.79. The van der Waals surface area contributed by atoms with Gasteiger partial charge in [-0.15, -0.1) is 0 Å². The zero-order valence-electron chi connectivity index (χ0n) is 14.8. The summed E-state index contributed by atoms with van der Waals surface area (Å²) in [4.78, 5) is 22.5. The SMILES string of the molecule is COc1cc(/C=N\NC(=O)c2cc3cc([N+](=O)[O-])ccc3o2)cc(Cl)c1OC. The molecule has 3 rings (SSSR count). The van der Waals surface area contributed by atoms with E-state index in [9.17, 15) is 14.9 Å². The molecule has 1 heterocycles. The third-order valence-corrected chi connectivity index (χ3v) is 4.05. The molecule has 0 atom stereocenters. The van der Waals surface area contributed by atoms with E-state index in [4.69, 9.17) is 25.5 Å². The van der Waals surface area contributed by atoms with Gasteiger partial charge >= 0.3 is 5.91 Å². The summed E-state index contributed by atoms with van der Waals surface area (Å²) in [6, 6.07) is 8.69. The number of nitrogens with zero attached hydrogens (tertiary/aromatic N) is 2. The molecule has 1 aromatic heterocycles. The van der Waals surface area contributed by atoms with Gasteiger partial charge in [0.15, 0.2) is 17.3 Å². The van der Waals surface area contributed by atoms with Gasteiger partial charge in [0.05, 0.1) is 30.4 Å². The Morgan fingerprint density at radius 1 is 1.25 bits per heavy atom. The summed E-state index contributed by atoms with van der Waals surface area (Å²) in [5, 5.41) is 15.4. The highest BCUT2D eigenvalue weighted by atomic mass is 35.5. The maximum absolute atomic E-state index is 12.2. The Hall–Kier alpha value is -3.59. The molecule has 0 saturated carbocycles. The predicted octanol–water partition coefficient (Wildman–Crippen LogP) is 3.78. The number of halogens is 1. The van der Waals surface area contributed by atoms with Gasteiger partial charge in [0.2, 0.25) is 0 Å². The van der Waals surface area contributed by atoms with Crippen molar-refractivity contribution in [1.29, 1.82) is 0 Å². The molecule has 1 amide bonds. The fourth-order valence-electron chi connectivity index (χ4n) is 2.49. The first kappa shape index (κ1) is 19.2. The van der Waals surface area contributed by atoms with Gasteiger partial charge in [-0.1, -0.05) is 11.6 Å². The first-order chi connectivity index (χ1) is 13.4. The van der Waals surface area contributed by atoms with Gasteiger partial charge < -0.3 is 13.9 Å². The van der Waals surface area contributed by atoms with Gasteiger partial charge in [0, 0.05) is 17.5 Å². The van der Waals surface area contributed by atoms with Gasteiger partial charge in [0.25, 0.3) is 5.69 Å². The summed E-state index contributed by atoms with van der Waals surface area (Å²) in [5.74, 6) is 0.169. The van der Waals surface area contributed by atoms with E-state index in [0.29, 0.717) is 33.1 Å². The van der Waals surface area contributed by atoms with Crippen LogP contribution in [0.1, 0.15) is 16.1 Å². The highest BCUT2D eigenvalue weighted by molar-refractivity contribution is 6.32. The van der Waals surface area contributed by atoms with Crippen LogP contribution in [-0.4, -0.2) is 31.3 Å². The number of methoxy groups -OCH3 is 2. The molecule has 0 unspecified atom stereocenters. The number of ether oxygens (including phenoxy) is 2. The molecule has 2 aromatic carbocycles. The number of benzene rings is 2. The molecule has 10 heteroatoms. The molecule has 0 aliphatic carbocycles. The molecule has 0 saturated heterocycles. The van der Waals surface area contributed by atoms with Crippen molar-refractivity contribution in [3.05, 3.63) is 62.9 Å². The number of nitrogens with one attached hydrogen (secondary N) is 1. The van der Waals surface area contributed by atoms with Crippen molar-refractivity contribution in [2.75, 3.05) is 14.2 Å². The van der Waals surface area contributed by atoms with Gasteiger partial charge in [-0.3, -0.25) is 14.9 Å². The quantitative estimate of drug-likeness (QED) is 0.380. The molecular formula is C18H14ClN3O6. The lowest BCUT2D eigenvalue weighted by atomic mass is 10.2. The van der Waals surface area contributed by atoms with Crippen molar-refractivity contribution in [2.24, 2.45) is 5.10 Å². The van der Waals surface area contributed by atoms with E-state index < -0.39 is 10.8 Å². The number of nitro groups is 1. The second kappa shape index (κ2) is 7.97. The largest absolute Gasteiger partial charge is 0.493 e. The van der Waals surface area contributed by atoms with Gasteiger partial charge in [0.1, 0.15) is 5.58 Å². The number of hydrogen-bond acceptors (Lipinski definition) is 7. The minimum absolute atomic E-state index is 0.0296. The number of hydrogen-bond donors (Lipinski definition) is 1. The standard InChI is InChI=1S/C18H14ClN3O6/c1-26-15-6-10(5-13(19)17(15)27-2)9-20-21-18(23)16-8-11-7-12(22(24)25)3-4-14(11)28-16/h3-9H,1-2H3,(H,21,23)/b20-9-. The molecule has 3 aromatic rings. The maximum atomic E-state index is 12.2. The molecule has 0 aliphatic rings. The number of hydrazone groups is 1. The van der Waals surface area contributed by atoms with Crippen molar-refractivity contribution in [3.63, 3.8) is 0 Å². The molecule has 0 radical (unpaired) electrons. The predicted molar refractivity (Wildman–Crippen MR) is 102 cm³/mol. The Kier molecular flexibility index (Phi) is 5.46. The van der Waals surface area contributed by atoms with Crippen LogP contribution in [-0.2, 0) is 0 Å². The lowest BCUT2D eigenvalue weighted by Gasteiger charge is -2.09. The molecule has 9 nitrogen and oxygen atoms in total. The summed E-state index contributed by atoms with van der Waals surface area (Å²) >= 11 is 6.11. The molecule has 0 fully saturated rings. The van der Waals surface area contributed by atoms with E-state index in [-0.39, 0.29) is 11.4 Å². The van der Waals surface area contributed by atoms with E-state index in [1.807, 2.05) is 0 Å². The summed E-state index contributed by atoms with van der Waals surface area (Å²) in [5.41, 5.74) is 3.15. The maximum Gasteiger partial charge on any atom is 0.307 e. The highest BCUT2D eigenvalue weighted by Crippen LogP contribution is 2.35. The molecule has 0 spiro atoms. The Balaban J connectivity index is 1.76. The normalized spacial score (nSPS) is 11.0. The van der Waals surface area contributed by atoms with Crippen LogP contribution in [0.15, 0.2) is 45.9 Å². The highest BCUT2D eigenvalue weighted by Gasteiger charge is 2.15. The molecule has 0 bridgehead atoms. The fraction of sp³-hybridized carbons (Fsp3) is 0.111. The van der Waals surface area contributed by atoms with Crippen molar-refractivity contribution in [1.82, 2.24) is 5.43 Å². The van der Waals surface area contributed by atoms with Crippen molar-refractivity contribution >= 4 is 40.4 Å². The zero-order chi connectivity index (χ0) is 20.3. The van der Waals surface area contributed by atoms with Gasteiger partial charge in [-0.2, -0.15) is 5.10 Å². The molecule has 1 N–H and O–H groups in total. The van der Waals surface area contributed by atoms with E-state index in [1.54, 1.807) is 12.1 Å². The number of rotatable bonds is 6. The smallest absolute Gasteiger partial charge is 0.307 e. The molecule has 28 heavy (non-hydrogen) atoms. The van der Waals surface area contributed by atoms with E-state index >= 15 is 0 Å². The minimum Gasteiger partial charge on any atom is -0.493 e. The van der Waals surface area contributed by atoms with Crippen molar-refractivity contribution < 1.29 is 23.6 Å². The first-order valence-corrected chi connectivity index (χ1v) is 8.23. The average molecular weight is 404 g/mol. The lowest BCUT2D eigenvalue weighted by Crippen LogP contribution is -2.16. The summed E-state index contributed by atoms with van der Waals surface area (Å²) in [7, 11) is 2.95. The molecule has 144 valence electrons. The summed E-state index contributed by atoms with van der Waals surface area (Å²) < 4.78 is 15.7. The first-order valence-electron chi connectivity index (χ1n) is 7.86. The Morgan fingerprint density at radius 3 is 2.71 bits per heavy atom. The Labute approximate surface area is 163 Å². The van der Waals surface area contributed by atoms with E-state index in [1.165, 1.54) is 44.7 Å². The monoisotopic (exact) mass is 403 g/mol. The van der Waals surface area contributed by atoms with Crippen LogP contribution in [0.2, 0.25) is 5.02 Å². The van der Waals surface area contributed by atoms with Gasteiger partial charge in [-0.25, -0.2) is 5.43 Å². The van der Waals surface area contributed by atoms with Crippen LogP contribution >= 0.6 is 11.6 Å². The van der Waals surface area contributed by atoms with Crippen molar-refractivity contribution in [3.8, 4) is 11.5 Å². The van der Waals surface area contributed by atoms with E-state index in [2.05, 4.69) is 10.5 Å². The van der Waals surface area contributed by atoms with Crippen molar-refractivity contribution in [2.45, 2.75) is 0 Å². The average Bonchev–Trinajstić information content (AvgIpc) is 3.10. The number of non-ortho nitro benzene ring substituents is 1. The Morgan fingerprint density at radius 2 is 2.04 bits per heavy atom. The second-order valence-electron chi connectivity index (χ2n) is 5.53. The number of carbonyl (C=O) groups is 1. The lowest BCUT2D eigenvalue weighted by molar-refractivity contribution is -0.384. The van der Waals surface area contributed by atoms with Crippen LogP contribution in [0.4, 0.5) is 5.69 Å². The summed E-state index contributed by atoms with van der Waals surface area (Å²) in [6.45, 7) is 0. The van der Waals surface area contributed by atoms with Crippen LogP contribution < -0.4 is 14.9 Å². The number of nitro benzene ring substituents is 1. The van der Waals surface area contributed by atoms with Crippen LogP contribution in [0.3, 0.4) is 0 Å². The molecular weight excluding hydrogens is 390 g/mol. The van der Waals surface area contributed by atoms with Crippen LogP contribution in [0.5, 0.6) is 11.5 Å². The topological polar surface area (TPSA) is 116 Å². The van der Waals surface area contributed by atoms with Gasteiger partial charge in [-0.05, 0) is 29.8 Å². The Bertz CT molecular complexity index is 1090. The third kappa shape index (κ3) is 3.89. The third-order valence-electron chi connectivity index (χ3n) is 3.77. The van der Waals surface area contributed by atoms with Crippen LogP contribution in [0, 0.1) is 10.1 Å². The second-order valence-corrected chi connectivity index (χ2v) is 5.93. The number of amides is 1. The number of carbonyl (C=O) groups excluding carboxylic acids is 1. The zero-order valence-corrected chi connectivity index (χ0v) is 15.5. The molecule has 0 aliphatic heterocycles. The number of fused-ring (bicyclic) bond motifs is 1. The minimum atomic E-state index is -0.610. The number of furan rings is 1.